The van der Waals surface area contributed by atoms with Crippen molar-refractivity contribution < 1.29 is 15.1 Å². The van der Waals surface area contributed by atoms with Gasteiger partial charge < -0.3 is 10.2 Å². The van der Waals surface area contributed by atoms with Crippen molar-refractivity contribution in [3.63, 3.8) is 0 Å². The van der Waals surface area contributed by atoms with Crippen molar-refractivity contribution in [2.45, 2.75) is 0 Å². The zero-order valence-corrected chi connectivity index (χ0v) is 9.59. The molecule has 2 rings (SSSR count). The van der Waals surface area contributed by atoms with Crippen LogP contribution in [0.1, 0.15) is 0 Å². The first-order chi connectivity index (χ1) is 9.08. The molecule has 2 aromatic rings. The van der Waals surface area contributed by atoms with Crippen LogP contribution in [0.25, 0.3) is 0 Å². The second kappa shape index (κ2) is 5.13. The lowest BCUT2D eigenvalue weighted by Gasteiger charge is -1.99. The topological polar surface area (TPSA) is 108 Å². The number of para-hydroxylation sites is 1. The lowest BCUT2D eigenvalue weighted by atomic mass is 10.2. The minimum Gasteiger partial charge on any atom is -0.506 e. The maximum absolute atomic E-state index is 10.6. The van der Waals surface area contributed by atoms with Gasteiger partial charge in [0.2, 0.25) is 0 Å². The molecular weight excluding hydrogens is 250 g/mol. The van der Waals surface area contributed by atoms with Gasteiger partial charge in [-0.1, -0.05) is 12.1 Å². The van der Waals surface area contributed by atoms with Crippen molar-refractivity contribution in [3.05, 3.63) is 52.6 Å². The number of nitro groups is 1. The second-order valence-electron chi connectivity index (χ2n) is 3.62. The zero-order chi connectivity index (χ0) is 13.8. The maximum Gasteiger partial charge on any atom is 0.271 e. The number of aromatic hydroxyl groups is 2. The summed E-state index contributed by atoms with van der Waals surface area (Å²) in [6, 6.07) is 9.65. The van der Waals surface area contributed by atoms with Crippen LogP contribution in [0.2, 0.25) is 0 Å². The fourth-order valence-corrected chi connectivity index (χ4v) is 1.36. The third kappa shape index (κ3) is 2.83. The number of phenolic OH excluding ortho intramolecular Hbond substituents is 2. The van der Waals surface area contributed by atoms with E-state index in [2.05, 4.69) is 10.2 Å². The molecule has 0 spiro atoms. The van der Waals surface area contributed by atoms with Crippen LogP contribution in [-0.2, 0) is 0 Å². The molecule has 0 radical (unpaired) electrons. The molecule has 19 heavy (non-hydrogen) atoms. The smallest absolute Gasteiger partial charge is 0.271 e. The molecule has 0 amide bonds. The summed E-state index contributed by atoms with van der Waals surface area (Å²) in [7, 11) is 0. The molecule has 0 atom stereocenters. The second-order valence-corrected chi connectivity index (χ2v) is 3.62. The Bertz CT molecular complexity index is 655. The molecule has 7 heteroatoms. The predicted molar refractivity (Wildman–Crippen MR) is 67.0 cm³/mol. The monoisotopic (exact) mass is 259 g/mol. The Morgan fingerprint density at radius 3 is 2.26 bits per heavy atom. The van der Waals surface area contributed by atoms with Gasteiger partial charge in [0.1, 0.15) is 22.9 Å². The van der Waals surface area contributed by atoms with Crippen molar-refractivity contribution in [2.75, 3.05) is 0 Å². The molecule has 0 unspecified atom stereocenters. The Hall–Kier alpha value is -2.96. The minimum atomic E-state index is -0.599. The molecule has 0 aliphatic rings. The summed E-state index contributed by atoms with van der Waals surface area (Å²) in [4.78, 5) is 10.0. The van der Waals surface area contributed by atoms with E-state index in [4.69, 9.17) is 0 Å². The van der Waals surface area contributed by atoms with Crippen LogP contribution in [0.3, 0.4) is 0 Å². The van der Waals surface area contributed by atoms with E-state index >= 15 is 0 Å². The van der Waals surface area contributed by atoms with E-state index in [-0.39, 0.29) is 28.6 Å². The van der Waals surface area contributed by atoms with Crippen molar-refractivity contribution in [2.24, 2.45) is 10.2 Å². The fourth-order valence-electron chi connectivity index (χ4n) is 1.36. The Morgan fingerprint density at radius 2 is 1.58 bits per heavy atom. The van der Waals surface area contributed by atoms with E-state index in [1.807, 2.05) is 0 Å². The predicted octanol–water partition coefficient (Wildman–Crippen LogP) is 3.42. The van der Waals surface area contributed by atoms with Gasteiger partial charge in [0.15, 0.2) is 0 Å². The maximum atomic E-state index is 10.6. The summed E-state index contributed by atoms with van der Waals surface area (Å²) in [5, 5.41) is 37.0. The number of hydrogen-bond acceptors (Lipinski definition) is 6. The van der Waals surface area contributed by atoms with Gasteiger partial charge >= 0.3 is 0 Å². The van der Waals surface area contributed by atoms with Crippen LogP contribution >= 0.6 is 0 Å². The summed E-state index contributed by atoms with van der Waals surface area (Å²) in [5.74, 6) is -0.305. The van der Waals surface area contributed by atoms with Crippen molar-refractivity contribution in [1.82, 2.24) is 0 Å². The summed E-state index contributed by atoms with van der Waals surface area (Å²) in [5.41, 5.74) is -0.0464. The summed E-state index contributed by atoms with van der Waals surface area (Å²) in [6.07, 6.45) is 0. The van der Waals surface area contributed by atoms with Gasteiger partial charge in [-0.3, -0.25) is 10.1 Å². The number of non-ortho nitro benzene ring substituents is 1. The van der Waals surface area contributed by atoms with Crippen LogP contribution in [0.15, 0.2) is 52.7 Å². The van der Waals surface area contributed by atoms with E-state index < -0.39 is 4.92 Å². The minimum absolute atomic E-state index is 0.0440. The average Bonchev–Trinajstić information content (AvgIpc) is 2.39. The molecule has 7 nitrogen and oxygen atoms in total. The van der Waals surface area contributed by atoms with E-state index in [1.54, 1.807) is 12.1 Å². The molecule has 0 heterocycles. The number of nitro benzene ring substituents is 1. The van der Waals surface area contributed by atoms with Gasteiger partial charge in [0.05, 0.1) is 4.92 Å². The first-order valence-electron chi connectivity index (χ1n) is 5.25. The molecular formula is C12H9N3O4. The van der Waals surface area contributed by atoms with Gasteiger partial charge in [-0.15, -0.1) is 10.2 Å². The molecule has 0 aliphatic heterocycles. The molecule has 96 valence electrons. The lowest BCUT2D eigenvalue weighted by molar-refractivity contribution is -0.384. The van der Waals surface area contributed by atoms with Crippen molar-refractivity contribution in [1.29, 1.82) is 0 Å². The number of azo groups is 1. The molecule has 0 fully saturated rings. The number of rotatable bonds is 3. The Labute approximate surface area is 107 Å². The van der Waals surface area contributed by atoms with Crippen molar-refractivity contribution in [3.8, 4) is 11.5 Å². The van der Waals surface area contributed by atoms with Gasteiger partial charge in [0.25, 0.3) is 5.69 Å². The third-order valence-corrected chi connectivity index (χ3v) is 2.32. The van der Waals surface area contributed by atoms with E-state index in [9.17, 15) is 20.3 Å². The largest absolute Gasteiger partial charge is 0.506 e. The van der Waals surface area contributed by atoms with Crippen molar-refractivity contribution >= 4 is 17.1 Å². The highest BCUT2D eigenvalue weighted by atomic mass is 16.6. The van der Waals surface area contributed by atoms with Gasteiger partial charge in [0, 0.05) is 12.1 Å². The highest BCUT2D eigenvalue weighted by Crippen LogP contribution is 2.33. The van der Waals surface area contributed by atoms with Crippen LogP contribution in [0.4, 0.5) is 17.1 Å². The first kappa shape index (κ1) is 12.5. The van der Waals surface area contributed by atoms with Gasteiger partial charge in [-0.05, 0) is 18.2 Å². The number of phenols is 2. The molecule has 0 aliphatic carbocycles. The van der Waals surface area contributed by atoms with Crippen LogP contribution in [0.5, 0.6) is 11.5 Å². The molecule has 0 saturated heterocycles. The van der Waals surface area contributed by atoms with Crippen LogP contribution in [0, 0.1) is 10.1 Å². The number of hydrogen-bond donors (Lipinski definition) is 2. The van der Waals surface area contributed by atoms with Gasteiger partial charge in [-0.25, -0.2) is 0 Å². The SMILES string of the molecule is O=[N+]([O-])c1ccc(O)c(/N=N/c2ccccc2O)c1. The Balaban J connectivity index is 2.35. The average molecular weight is 259 g/mol. The third-order valence-electron chi connectivity index (χ3n) is 2.32. The van der Waals surface area contributed by atoms with E-state index in [0.717, 1.165) is 18.2 Å². The number of benzene rings is 2. The van der Waals surface area contributed by atoms with E-state index in [0.29, 0.717) is 0 Å². The zero-order valence-electron chi connectivity index (χ0n) is 9.59. The van der Waals surface area contributed by atoms with Gasteiger partial charge in [-0.2, -0.15) is 0 Å². The highest BCUT2D eigenvalue weighted by molar-refractivity contribution is 5.57. The summed E-state index contributed by atoms with van der Waals surface area (Å²) in [6.45, 7) is 0. The normalized spacial score (nSPS) is 10.7. The Morgan fingerprint density at radius 1 is 0.947 bits per heavy atom. The molecule has 2 N–H and O–H groups in total. The lowest BCUT2D eigenvalue weighted by Crippen LogP contribution is -1.86. The van der Waals surface area contributed by atoms with Crippen LogP contribution < -0.4 is 0 Å². The molecule has 0 bridgehead atoms. The first-order valence-corrected chi connectivity index (χ1v) is 5.25. The summed E-state index contributed by atoms with van der Waals surface area (Å²) < 4.78 is 0. The molecule has 0 aromatic heterocycles. The highest BCUT2D eigenvalue weighted by Gasteiger charge is 2.10. The fraction of sp³-hybridized carbons (Fsp3) is 0. The molecule has 2 aromatic carbocycles. The van der Waals surface area contributed by atoms with E-state index in [1.165, 1.54) is 12.1 Å². The van der Waals surface area contributed by atoms with Crippen LogP contribution in [-0.4, -0.2) is 15.1 Å². The number of nitrogens with zero attached hydrogens (tertiary/aromatic N) is 3. The standard InChI is InChI=1S/C12H9N3O4/c16-11-4-2-1-3-9(11)13-14-10-7-8(15(18)19)5-6-12(10)17/h1-7,16-17H/b14-13+. The molecule has 0 saturated carbocycles. The summed E-state index contributed by atoms with van der Waals surface area (Å²) >= 11 is 0. The Kier molecular flexibility index (Phi) is 3.37. The quantitative estimate of drug-likeness (QED) is 0.500.